The van der Waals surface area contributed by atoms with E-state index in [4.69, 9.17) is 4.74 Å². The third-order valence-electron chi connectivity index (χ3n) is 12.0. The number of amides is 1. The molecule has 0 saturated carbocycles. The molecule has 0 aromatic heterocycles. The zero-order valence-electron chi connectivity index (χ0n) is 39.7. The number of allylic oxidation sites excluding steroid dienone is 4. The number of hydrogen-bond donors (Lipinski definition) is 3. The summed E-state index contributed by atoms with van der Waals surface area (Å²) in [6.45, 7) is 6.39. The number of ether oxygens (including phenoxy) is 1. The number of aliphatic hydroxyl groups excluding tert-OH is 2. The van der Waals surface area contributed by atoms with Gasteiger partial charge in [-0.3, -0.25) is 9.59 Å². The molecular formula is C53H101NO5. The van der Waals surface area contributed by atoms with Gasteiger partial charge in [0.2, 0.25) is 5.91 Å². The van der Waals surface area contributed by atoms with Crippen molar-refractivity contribution in [2.24, 2.45) is 0 Å². The molecule has 0 heterocycles. The van der Waals surface area contributed by atoms with Crippen LogP contribution >= 0.6 is 0 Å². The van der Waals surface area contributed by atoms with Crippen LogP contribution in [0, 0.1) is 0 Å². The van der Waals surface area contributed by atoms with Crippen molar-refractivity contribution >= 4 is 11.9 Å². The van der Waals surface area contributed by atoms with Gasteiger partial charge >= 0.3 is 5.97 Å². The Morgan fingerprint density at radius 1 is 0.508 bits per heavy atom. The van der Waals surface area contributed by atoms with E-state index in [0.29, 0.717) is 19.3 Å². The number of nitrogens with one attached hydrogen (secondary N) is 1. The van der Waals surface area contributed by atoms with Gasteiger partial charge in [-0.25, -0.2) is 0 Å². The van der Waals surface area contributed by atoms with Gasteiger partial charge in [0, 0.05) is 6.42 Å². The number of carbonyl (C=O) groups is 2. The summed E-state index contributed by atoms with van der Waals surface area (Å²) in [4.78, 5) is 26.1. The SMILES string of the molecule is CC/C=C/C/C=C/CCCCCCCC(CC(=O)NC(CO)C(O)CCCCCCCCCCCCC)OC(=O)CCCCCCCCCCCCCCCCCCC. The summed E-state index contributed by atoms with van der Waals surface area (Å²) in [5, 5.41) is 23.7. The molecule has 0 aliphatic rings. The number of aliphatic hydroxyl groups is 2. The highest BCUT2D eigenvalue weighted by atomic mass is 16.5. The first kappa shape index (κ1) is 57.3. The van der Waals surface area contributed by atoms with Gasteiger partial charge in [0.1, 0.15) is 6.10 Å². The van der Waals surface area contributed by atoms with Gasteiger partial charge in [-0.15, -0.1) is 0 Å². The van der Waals surface area contributed by atoms with Gasteiger partial charge in [0.05, 0.1) is 25.2 Å². The number of carbonyl (C=O) groups excluding carboxylic acids is 2. The number of unbranched alkanes of at least 4 members (excludes halogenated alkanes) is 31. The fourth-order valence-corrected chi connectivity index (χ4v) is 8.12. The largest absolute Gasteiger partial charge is 0.462 e. The van der Waals surface area contributed by atoms with E-state index < -0.39 is 18.2 Å². The Morgan fingerprint density at radius 3 is 1.37 bits per heavy atom. The normalized spacial score (nSPS) is 13.4. The summed E-state index contributed by atoms with van der Waals surface area (Å²) in [6, 6.07) is -0.700. The summed E-state index contributed by atoms with van der Waals surface area (Å²) in [5.41, 5.74) is 0. The molecule has 0 saturated heterocycles. The molecule has 6 nitrogen and oxygen atoms in total. The van der Waals surface area contributed by atoms with Gasteiger partial charge < -0.3 is 20.3 Å². The Labute approximate surface area is 367 Å². The Hall–Kier alpha value is -1.66. The van der Waals surface area contributed by atoms with Gasteiger partial charge in [-0.1, -0.05) is 238 Å². The minimum Gasteiger partial charge on any atom is -0.462 e. The third-order valence-corrected chi connectivity index (χ3v) is 12.0. The average molecular weight is 832 g/mol. The molecule has 0 aliphatic carbocycles. The molecule has 0 rings (SSSR count). The van der Waals surface area contributed by atoms with Gasteiger partial charge in [0.15, 0.2) is 0 Å². The molecule has 3 atom stereocenters. The fourth-order valence-electron chi connectivity index (χ4n) is 8.12. The predicted molar refractivity (Wildman–Crippen MR) is 255 cm³/mol. The molecule has 3 N–H and O–H groups in total. The van der Waals surface area contributed by atoms with E-state index in [1.165, 1.54) is 161 Å². The number of hydrogen-bond acceptors (Lipinski definition) is 5. The number of esters is 1. The van der Waals surface area contributed by atoms with Crippen LogP contribution in [0.3, 0.4) is 0 Å². The lowest BCUT2D eigenvalue weighted by atomic mass is 10.0. The van der Waals surface area contributed by atoms with E-state index in [0.717, 1.165) is 70.6 Å². The van der Waals surface area contributed by atoms with Crippen LogP contribution in [0.1, 0.15) is 278 Å². The topological polar surface area (TPSA) is 95.9 Å². The highest BCUT2D eigenvalue weighted by Crippen LogP contribution is 2.18. The third kappa shape index (κ3) is 42.8. The molecule has 0 radical (unpaired) electrons. The first-order valence-corrected chi connectivity index (χ1v) is 26.1. The molecule has 0 aliphatic heterocycles. The fraction of sp³-hybridized carbons (Fsp3) is 0.887. The van der Waals surface area contributed by atoms with Crippen LogP contribution in [-0.2, 0) is 14.3 Å². The highest BCUT2D eigenvalue weighted by Gasteiger charge is 2.24. The molecule has 59 heavy (non-hydrogen) atoms. The molecule has 0 bridgehead atoms. The van der Waals surface area contributed by atoms with Crippen molar-refractivity contribution in [1.29, 1.82) is 0 Å². The van der Waals surface area contributed by atoms with Crippen molar-refractivity contribution in [3.8, 4) is 0 Å². The van der Waals surface area contributed by atoms with Crippen LogP contribution in [0.15, 0.2) is 24.3 Å². The van der Waals surface area contributed by atoms with E-state index in [1.807, 2.05) is 0 Å². The van der Waals surface area contributed by atoms with E-state index >= 15 is 0 Å². The second-order valence-corrected chi connectivity index (χ2v) is 17.9. The van der Waals surface area contributed by atoms with E-state index in [1.54, 1.807) is 0 Å². The van der Waals surface area contributed by atoms with Crippen molar-refractivity contribution in [3.63, 3.8) is 0 Å². The lowest BCUT2D eigenvalue weighted by molar-refractivity contribution is -0.151. The van der Waals surface area contributed by atoms with Crippen LogP contribution in [-0.4, -0.2) is 46.9 Å². The van der Waals surface area contributed by atoms with E-state index in [9.17, 15) is 19.8 Å². The molecule has 0 spiro atoms. The van der Waals surface area contributed by atoms with Gasteiger partial charge in [-0.2, -0.15) is 0 Å². The van der Waals surface area contributed by atoms with E-state index in [-0.39, 0.29) is 24.9 Å². The molecule has 0 aromatic rings. The Morgan fingerprint density at radius 2 is 0.915 bits per heavy atom. The highest BCUT2D eigenvalue weighted by molar-refractivity contribution is 5.77. The zero-order valence-corrected chi connectivity index (χ0v) is 39.7. The summed E-state index contributed by atoms with van der Waals surface area (Å²) < 4.78 is 5.93. The molecule has 0 fully saturated rings. The van der Waals surface area contributed by atoms with Crippen molar-refractivity contribution in [2.75, 3.05) is 6.61 Å². The summed E-state index contributed by atoms with van der Waals surface area (Å²) in [6.07, 6.45) is 53.9. The molecule has 348 valence electrons. The van der Waals surface area contributed by atoms with Crippen molar-refractivity contribution in [1.82, 2.24) is 5.32 Å². The average Bonchev–Trinajstić information content (AvgIpc) is 3.23. The van der Waals surface area contributed by atoms with Crippen LogP contribution in [0.4, 0.5) is 0 Å². The van der Waals surface area contributed by atoms with Crippen LogP contribution < -0.4 is 5.32 Å². The molecule has 1 amide bonds. The summed E-state index contributed by atoms with van der Waals surface area (Å²) >= 11 is 0. The van der Waals surface area contributed by atoms with Crippen molar-refractivity contribution < 1.29 is 24.5 Å². The minimum atomic E-state index is -0.786. The zero-order chi connectivity index (χ0) is 43.1. The summed E-state index contributed by atoms with van der Waals surface area (Å²) in [5.74, 6) is -0.474. The smallest absolute Gasteiger partial charge is 0.306 e. The standard InChI is InChI=1S/C53H101NO5/c1-4-7-10-13-16-19-22-24-25-26-27-28-31-34-37-40-43-46-53(58)59-49(44-41-38-35-32-30-23-20-17-14-11-8-5-2)47-52(57)54-50(48-55)51(56)45-42-39-36-33-29-21-18-15-12-9-6-3/h8,11,17,20,49-51,55-56H,4-7,9-10,12-16,18-19,21-48H2,1-3H3,(H,54,57)/b11-8+,20-17+. The molecule has 6 heteroatoms. The maximum atomic E-state index is 13.2. The maximum Gasteiger partial charge on any atom is 0.306 e. The van der Waals surface area contributed by atoms with Gasteiger partial charge in [-0.05, 0) is 51.4 Å². The quantitative estimate of drug-likeness (QED) is 0.0322. The van der Waals surface area contributed by atoms with E-state index in [2.05, 4.69) is 50.4 Å². The second kappa shape index (κ2) is 47.4. The minimum absolute atomic E-state index is 0.0731. The molecule has 0 aromatic carbocycles. The Balaban J connectivity index is 4.50. The maximum absolute atomic E-state index is 13.2. The van der Waals surface area contributed by atoms with Crippen LogP contribution in [0.25, 0.3) is 0 Å². The number of rotatable bonds is 47. The van der Waals surface area contributed by atoms with Crippen molar-refractivity contribution in [3.05, 3.63) is 24.3 Å². The monoisotopic (exact) mass is 832 g/mol. The second-order valence-electron chi connectivity index (χ2n) is 17.9. The van der Waals surface area contributed by atoms with Crippen molar-refractivity contribution in [2.45, 2.75) is 296 Å². The lowest BCUT2D eigenvalue weighted by Gasteiger charge is -2.24. The van der Waals surface area contributed by atoms with Crippen LogP contribution in [0.5, 0.6) is 0 Å². The lowest BCUT2D eigenvalue weighted by Crippen LogP contribution is -2.46. The first-order valence-electron chi connectivity index (χ1n) is 26.1. The first-order chi connectivity index (χ1) is 29.0. The van der Waals surface area contributed by atoms with Gasteiger partial charge in [0.25, 0.3) is 0 Å². The Kier molecular flexibility index (Phi) is 46.1. The molecule has 3 unspecified atom stereocenters. The van der Waals surface area contributed by atoms with Crippen LogP contribution in [0.2, 0.25) is 0 Å². The summed E-state index contributed by atoms with van der Waals surface area (Å²) in [7, 11) is 0. The Bertz CT molecular complexity index is 935. The molecular weight excluding hydrogens is 731 g/mol. The predicted octanol–water partition coefficient (Wildman–Crippen LogP) is 15.5.